The first-order valence-corrected chi connectivity index (χ1v) is 9.78. The molecule has 0 heterocycles. The Labute approximate surface area is 179 Å². The third kappa shape index (κ3) is 6.39. The van der Waals surface area contributed by atoms with E-state index in [-0.39, 0.29) is 25.0 Å². The maximum Gasteiger partial charge on any atom is 0.261 e. The predicted octanol–water partition coefficient (Wildman–Crippen LogP) is 3.01. The van der Waals surface area contributed by atoms with Gasteiger partial charge in [-0.3, -0.25) is 9.59 Å². The fourth-order valence-electron chi connectivity index (χ4n) is 2.72. The molecule has 0 saturated carbocycles. The van der Waals surface area contributed by atoms with Gasteiger partial charge in [0.15, 0.2) is 6.61 Å². The van der Waals surface area contributed by atoms with Crippen molar-refractivity contribution in [1.29, 1.82) is 0 Å². The van der Waals surface area contributed by atoms with E-state index >= 15 is 0 Å². The number of ether oxygens (including phenoxy) is 3. The van der Waals surface area contributed by atoms with Crippen molar-refractivity contribution >= 4 is 27.7 Å². The number of amides is 2. The molecule has 156 valence electrons. The number of carbonyl (C=O) groups is 2. The van der Waals surface area contributed by atoms with Gasteiger partial charge in [0.2, 0.25) is 5.91 Å². The molecule has 2 aromatic carbocycles. The first-order chi connectivity index (χ1) is 13.9. The molecule has 0 bridgehead atoms. The molecule has 0 saturated heterocycles. The third-order valence-electron chi connectivity index (χ3n) is 4.34. The van der Waals surface area contributed by atoms with Gasteiger partial charge in [-0.05, 0) is 24.6 Å². The Morgan fingerprint density at radius 1 is 1.07 bits per heavy atom. The van der Waals surface area contributed by atoms with Gasteiger partial charge in [0.25, 0.3) is 5.91 Å². The van der Waals surface area contributed by atoms with Crippen LogP contribution in [0.1, 0.15) is 12.5 Å². The summed E-state index contributed by atoms with van der Waals surface area (Å²) in [7, 11) is 4.61. The largest absolute Gasteiger partial charge is 0.496 e. The first kappa shape index (κ1) is 22.5. The zero-order valence-electron chi connectivity index (χ0n) is 16.9. The molecule has 0 aromatic heterocycles. The van der Waals surface area contributed by atoms with Crippen LogP contribution in [0.2, 0.25) is 0 Å². The Morgan fingerprint density at radius 3 is 2.24 bits per heavy atom. The lowest BCUT2D eigenvalue weighted by atomic mass is 10.1. The number of nitrogens with one attached hydrogen (secondary N) is 1. The second-order valence-corrected chi connectivity index (χ2v) is 7.19. The van der Waals surface area contributed by atoms with E-state index in [1.807, 2.05) is 24.3 Å². The Bertz CT molecular complexity index is 836. The van der Waals surface area contributed by atoms with Crippen LogP contribution in [0.5, 0.6) is 17.2 Å². The van der Waals surface area contributed by atoms with Gasteiger partial charge in [-0.25, -0.2) is 0 Å². The van der Waals surface area contributed by atoms with E-state index in [0.29, 0.717) is 17.2 Å². The number of nitrogens with zero attached hydrogens (tertiary/aromatic N) is 1. The molecule has 8 heteroatoms. The van der Waals surface area contributed by atoms with Crippen molar-refractivity contribution in [2.75, 3.05) is 27.9 Å². The maximum absolute atomic E-state index is 12.9. The number of hydrogen-bond acceptors (Lipinski definition) is 5. The Morgan fingerprint density at radius 2 is 1.69 bits per heavy atom. The second-order valence-electron chi connectivity index (χ2n) is 6.28. The molecule has 0 fully saturated rings. The quantitative estimate of drug-likeness (QED) is 0.616. The van der Waals surface area contributed by atoms with Gasteiger partial charge >= 0.3 is 0 Å². The van der Waals surface area contributed by atoms with Crippen LogP contribution in [0.15, 0.2) is 46.9 Å². The molecule has 0 aliphatic carbocycles. The SMILES string of the molecule is CNC(=O)C(C)N(Cc1cccc(Br)c1)C(=O)COc1cc(OC)cc(OC)c1. The fraction of sp³-hybridized carbons (Fsp3) is 0.333. The van der Waals surface area contributed by atoms with Crippen molar-refractivity contribution < 1.29 is 23.8 Å². The van der Waals surface area contributed by atoms with E-state index in [1.165, 1.54) is 19.1 Å². The topological polar surface area (TPSA) is 77.1 Å². The number of hydrogen-bond donors (Lipinski definition) is 1. The van der Waals surface area contributed by atoms with Crippen LogP contribution in [0.4, 0.5) is 0 Å². The van der Waals surface area contributed by atoms with E-state index in [0.717, 1.165) is 10.0 Å². The molecule has 2 aromatic rings. The minimum atomic E-state index is -0.657. The van der Waals surface area contributed by atoms with E-state index in [9.17, 15) is 9.59 Å². The van der Waals surface area contributed by atoms with Crippen LogP contribution < -0.4 is 19.5 Å². The van der Waals surface area contributed by atoms with Crippen molar-refractivity contribution in [2.24, 2.45) is 0 Å². The highest BCUT2D eigenvalue weighted by molar-refractivity contribution is 9.10. The lowest BCUT2D eigenvalue weighted by Gasteiger charge is -2.28. The maximum atomic E-state index is 12.9. The monoisotopic (exact) mass is 464 g/mol. The zero-order chi connectivity index (χ0) is 21.4. The molecule has 1 atom stereocenters. The second kappa shape index (κ2) is 10.7. The number of benzene rings is 2. The van der Waals surface area contributed by atoms with Crippen LogP contribution in [0.3, 0.4) is 0 Å². The summed E-state index contributed by atoms with van der Waals surface area (Å²) in [5.41, 5.74) is 0.895. The van der Waals surface area contributed by atoms with E-state index < -0.39 is 6.04 Å². The number of likely N-dealkylation sites (N-methyl/N-ethyl adjacent to an activating group) is 1. The molecule has 1 N–H and O–H groups in total. The summed E-state index contributed by atoms with van der Waals surface area (Å²) < 4.78 is 17.0. The van der Waals surface area contributed by atoms with E-state index in [2.05, 4.69) is 21.2 Å². The summed E-state index contributed by atoms with van der Waals surface area (Å²) in [5, 5.41) is 2.59. The summed E-state index contributed by atoms with van der Waals surface area (Å²) in [5.74, 6) is 0.969. The molecule has 0 aliphatic heterocycles. The molecule has 0 radical (unpaired) electrons. The molecule has 29 heavy (non-hydrogen) atoms. The van der Waals surface area contributed by atoms with Gasteiger partial charge in [0, 0.05) is 36.3 Å². The van der Waals surface area contributed by atoms with Crippen LogP contribution in [0, 0.1) is 0 Å². The molecular weight excluding hydrogens is 440 g/mol. The van der Waals surface area contributed by atoms with Gasteiger partial charge in [-0.1, -0.05) is 28.1 Å². The zero-order valence-corrected chi connectivity index (χ0v) is 18.5. The summed E-state index contributed by atoms with van der Waals surface area (Å²) in [4.78, 5) is 26.6. The smallest absolute Gasteiger partial charge is 0.261 e. The van der Waals surface area contributed by atoms with Crippen molar-refractivity contribution in [2.45, 2.75) is 19.5 Å². The van der Waals surface area contributed by atoms with Gasteiger partial charge in [-0.15, -0.1) is 0 Å². The normalized spacial score (nSPS) is 11.3. The summed E-state index contributed by atoms with van der Waals surface area (Å²) >= 11 is 3.43. The van der Waals surface area contributed by atoms with Gasteiger partial charge in [-0.2, -0.15) is 0 Å². The van der Waals surface area contributed by atoms with E-state index in [4.69, 9.17) is 14.2 Å². The number of carbonyl (C=O) groups excluding carboxylic acids is 2. The predicted molar refractivity (Wildman–Crippen MR) is 113 cm³/mol. The Hall–Kier alpha value is -2.74. The summed E-state index contributed by atoms with van der Waals surface area (Å²) in [6, 6.07) is 12.0. The van der Waals surface area contributed by atoms with Crippen molar-refractivity contribution in [1.82, 2.24) is 10.2 Å². The third-order valence-corrected chi connectivity index (χ3v) is 4.84. The first-order valence-electron chi connectivity index (χ1n) is 8.99. The van der Waals surface area contributed by atoms with Crippen molar-refractivity contribution in [3.8, 4) is 17.2 Å². The molecule has 0 aliphatic rings. The minimum Gasteiger partial charge on any atom is -0.496 e. The van der Waals surface area contributed by atoms with Crippen LogP contribution in [0.25, 0.3) is 0 Å². The molecule has 0 spiro atoms. The molecule has 7 nitrogen and oxygen atoms in total. The summed E-state index contributed by atoms with van der Waals surface area (Å²) in [6.07, 6.45) is 0. The highest BCUT2D eigenvalue weighted by atomic mass is 79.9. The number of methoxy groups -OCH3 is 2. The lowest BCUT2D eigenvalue weighted by molar-refractivity contribution is -0.142. The standard InChI is InChI=1S/C21H25BrN2O5/c1-14(21(26)23-2)24(12-15-6-5-7-16(22)8-15)20(25)13-29-19-10-17(27-3)9-18(11-19)28-4/h5-11,14H,12-13H2,1-4H3,(H,23,26). The van der Waals surface area contributed by atoms with Crippen molar-refractivity contribution in [3.63, 3.8) is 0 Å². The van der Waals surface area contributed by atoms with Gasteiger partial charge in [0.05, 0.1) is 14.2 Å². The fourth-order valence-corrected chi connectivity index (χ4v) is 3.16. The van der Waals surface area contributed by atoms with Crippen LogP contribution >= 0.6 is 15.9 Å². The van der Waals surface area contributed by atoms with Crippen molar-refractivity contribution in [3.05, 3.63) is 52.5 Å². The van der Waals surface area contributed by atoms with Crippen LogP contribution in [-0.2, 0) is 16.1 Å². The Kier molecular flexibility index (Phi) is 8.33. The molecule has 2 rings (SSSR count). The van der Waals surface area contributed by atoms with Gasteiger partial charge in [0.1, 0.15) is 23.3 Å². The van der Waals surface area contributed by atoms with E-state index in [1.54, 1.807) is 32.2 Å². The lowest BCUT2D eigenvalue weighted by Crippen LogP contribution is -2.48. The number of rotatable bonds is 9. The Balaban J connectivity index is 2.17. The molecule has 2 amide bonds. The average molecular weight is 465 g/mol. The highest BCUT2D eigenvalue weighted by Crippen LogP contribution is 2.27. The summed E-state index contributed by atoms with van der Waals surface area (Å²) in [6.45, 7) is 1.73. The highest BCUT2D eigenvalue weighted by Gasteiger charge is 2.26. The molecular formula is C21H25BrN2O5. The number of halogens is 1. The molecule has 1 unspecified atom stereocenters. The minimum absolute atomic E-state index is 0.230. The van der Waals surface area contributed by atoms with Crippen LogP contribution in [-0.4, -0.2) is 50.6 Å². The average Bonchev–Trinajstić information content (AvgIpc) is 2.74. The van der Waals surface area contributed by atoms with Gasteiger partial charge < -0.3 is 24.4 Å².